The van der Waals surface area contributed by atoms with Crippen molar-refractivity contribution in [1.82, 2.24) is 0 Å². The molecule has 1 aromatic rings. The molecule has 0 unspecified atom stereocenters. The quantitative estimate of drug-likeness (QED) is 0.605. The van der Waals surface area contributed by atoms with E-state index in [9.17, 15) is 0 Å². The maximum atomic E-state index is 7.89. The van der Waals surface area contributed by atoms with Gasteiger partial charge in [0.15, 0.2) is 0 Å². The monoisotopic (exact) mass is 225 g/mol. The van der Waals surface area contributed by atoms with Crippen molar-refractivity contribution in [1.29, 1.82) is 1.43 Å². The van der Waals surface area contributed by atoms with Gasteiger partial charge < -0.3 is 5.11 Å². The molecule has 0 saturated heterocycles. The zero-order valence-corrected chi connectivity index (χ0v) is 10.1. The molecule has 0 saturated carbocycles. The third-order valence-electron chi connectivity index (χ3n) is 2.68. The van der Waals surface area contributed by atoms with Gasteiger partial charge in [0.05, 0.1) is 5.48 Å². The molecule has 1 aromatic carbocycles. The summed E-state index contributed by atoms with van der Waals surface area (Å²) in [6.07, 6.45) is 8.57. The average molecular weight is 225 g/mol. The molecule has 1 N–H and O–H groups in total. The summed E-state index contributed by atoms with van der Waals surface area (Å²) in [5.41, 5.74) is 0.430. The van der Waals surface area contributed by atoms with Crippen LogP contribution in [-0.4, -0.2) is 6.54 Å². The topological polar surface area (TPSA) is 20.2 Å². The van der Waals surface area contributed by atoms with Gasteiger partial charge in [0.1, 0.15) is 5.75 Å². The summed E-state index contributed by atoms with van der Waals surface area (Å²) in [6, 6.07) is -0.679. The van der Waals surface area contributed by atoms with E-state index in [-0.39, 0.29) is 29.9 Å². The van der Waals surface area contributed by atoms with Crippen LogP contribution in [0.3, 0.4) is 0 Å². The number of unbranched alkanes of at least 4 members (excludes halogenated alkanes) is 6. The van der Waals surface area contributed by atoms with Crippen molar-refractivity contribution in [2.75, 3.05) is 0 Å². The molecule has 0 aliphatic carbocycles. The molecule has 0 spiro atoms. The Kier molecular flexibility index (Phi) is 3.78. The van der Waals surface area contributed by atoms with Crippen LogP contribution in [0.4, 0.5) is 0 Å². The van der Waals surface area contributed by atoms with E-state index in [1.807, 2.05) is 0 Å². The summed E-state index contributed by atoms with van der Waals surface area (Å²) >= 11 is 0. The Morgan fingerprint density at radius 1 is 1.00 bits per heavy atom. The molecular formula is C15H24O. The molecule has 0 radical (unpaired) electrons. The highest BCUT2D eigenvalue weighted by atomic mass is 16.3. The Labute approximate surface area is 107 Å². The SMILES string of the molecule is [2H]Oc1c([2H])c([2H])c(CCCCCCCCC)c([2H])c1[2H]. The molecule has 0 aliphatic rings. The van der Waals surface area contributed by atoms with E-state index < -0.39 is 0 Å². The van der Waals surface area contributed by atoms with E-state index in [4.69, 9.17) is 6.91 Å². The first-order chi connectivity index (χ1) is 10.0. The van der Waals surface area contributed by atoms with Crippen molar-refractivity contribution in [3.63, 3.8) is 0 Å². The first-order valence-electron chi connectivity index (χ1n) is 8.67. The number of hydrogen-bond acceptors (Lipinski definition) is 1. The highest BCUT2D eigenvalue weighted by molar-refractivity contribution is 5.25. The van der Waals surface area contributed by atoms with Crippen molar-refractivity contribution < 1.29 is 10.6 Å². The summed E-state index contributed by atoms with van der Waals surface area (Å²) in [7, 11) is 0. The molecule has 0 heterocycles. The predicted molar refractivity (Wildman–Crippen MR) is 69.8 cm³/mol. The van der Waals surface area contributed by atoms with Crippen molar-refractivity contribution in [2.24, 2.45) is 0 Å². The molecule has 90 valence electrons. The molecule has 0 amide bonds. The fourth-order valence-corrected chi connectivity index (χ4v) is 1.71. The molecule has 1 rings (SSSR count). The van der Waals surface area contributed by atoms with Crippen LogP contribution >= 0.6 is 0 Å². The zero-order valence-electron chi connectivity index (χ0n) is 15.1. The Morgan fingerprint density at radius 3 is 2.25 bits per heavy atom. The molecule has 0 bridgehead atoms. The van der Waals surface area contributed by atoms with E-state index in [0.29, 0.717) is 12.0 Å². The van der Waals surface area contributed by atoms with Gasteiger partial charge >= 0.3 is 0 Å². The molecule has 0 atom stereocenters. The molecule has 1 heteroatoms. The zero-order chi connectivity index (χ0) is 15.8. The number of benzene rings is 1. The van der Waals surface area contributed by atoms with Crippen molar-refractivity contribution in [3.8, 4) is 5.75 Å². The molecule has 0 fully saturated rings. The summed E-state index contributed by atoms with van der Waals surface area (Å²) in [4.78, 5) is 0. The van der Waals surface area contributed by atoms with Gasteiger partial charge in [-0.25, -0.2) is 0 Å². The number of phenols is 1. The van der Waals surface area contributed by atoms with E-state index in [1.165, 1.54) is 25.7 Å². The van der Waals surface area contributed by atoms with Crippen molar-refractivity contribution >= 4 is 0 Å². The first kappa shape index (κ1) is 7.37. The normalized spacial score (nSPS) is 14.7. The van der Waals surface area contributed by atoms with Gasteiger partial charge in [-0.05, 0) is 30.5 Å². The lowest BCUT2D eigenvalue weighted by Crippen LogP contribution is -1.85. The van der Waals surface area contributed by atoms with Crippen LogP contribution in [0.15, 0.2) is 24.2 Å². The second-order valence-electron chi connectivity index (χ2n) is 4.18. The number of phenolic OH excluding ortho intramolecular Hbond substituents is 1. The van der Waals surface area contributed by atoms with Crippen LogP contribution < -0.4 is 0 Å². The van der Waals surface area contributed by atoms with E-state index in [1.54, 1.807) is 0 Å². The lowest BCUT2D eigenvalue weighted by molar-refractivity contribution is 0.475. The third-order valence-corrected chi connectivity index (χ3v) is 2.68. The van der Waals surface area contributed by atoms with Crippen LogP contribution in [0, 0.1) is 0 Å². The minimum absolute atomic E-state index is 0.0794. The molecule has 0 aromatic heterocycles. The minimum atomic E-state index is -0.298. The van der Waals surface area contributed by atoms with Gasteiger partial charge in [-0.2, -0.15) is 0 Å². The fraction of sp³-hybridized carbons (Fsp3) is 0.600. The molecule has 0 aliphatic heterocycles. The second kappa shape index (κ2) is 8.20. The van der Waals surface area contributed by atoms with E-state index in [0.717, 1.165) is 19.3 Å². The summed E-state index contributed by atoms with van der Waals surface area (Å²) in [6.45, 7) is 2.19. The van der Waals surface area contributed by atoms with Crippen LogP contribution in [0.5, 0.6) is 5.75 Å². The Bertz CT molecular complexity index is 433. The standard InChI is InChI=1S/C15H24O/c1-2-3-4-5-6-7-8-9-14-10-12-15(16)13-11-14/h10-13,16H,2-9H2,1H3/i10D,11D,12D,13D/hD. The smallest absolute Gasteiger partial charge is 0.293 e. The molecular weight excluding hydrogens is 196 g/mol. The van der Waals surface area contributed by atoms with Crippen LogP contribution in [0.2, 0.25) is 0 Å². The lowest BCUT2D eigenvalue weighted by atomic mass is 10.0. The van der Waals surface area contributed by atoms with Crippen LogP contribution in [-0.2, 0) is 6.42 Å². The molecule has 16 heavy (non-hydrogen) atoms. The maximum absolute atomic E-state index is 7.89. The van der Waals surface area contributed by atoms with Crippen molar-refractivity contribution in [2.45, 2.75) is 58.3 Å². The van der Waals surface area contributed by atoms with Crippen LogP contribution in [0.25, 0.3) is 0 Å². The summed E-state index contributed by atoms with van der Waals surface area (Å²) in [5.74, 6) is -0.298. The minimum Gasteiger partial charge on any atom is -0.508 e. The van der Waals surface area contributed by atoms with Gasteiger partial charge in [0, 0.05) is 0 Å². The summed E-state index contributed by atoms with van der Waals surface area (Å²) in [5, 5.41) is 4.21. The third kappa shape index (κ3) is 5.79. The van der Waals surface area contributed by atoms with Gasteiger partial charge in [0.2, 0.25) is 0 Å². The molecule has 1 nitrogen and oxygen atoms in total. The highest BCUT2D eigenvalue weighted by Gasteiger charge is 1.94. The Hall–Kier alpha value is -0.980. The van der Waals surface area contributed by atoms with Gasteiger partial charge in [-0.3, -0.25) is 0 Å². The van der Waals surface area contributed by atoms with Gasteiger partial charge in [-0.1, -0.05) is 57.5 Å². The number of rotatable bonds is 9. The second-order valence-corrected chi connectivity index (χ2v) is 4.18. The summed E-state index contributed by atoms with van der Waals surface area (Å²) < 4.78 is 38.1. The number of hydrogen-bond donors (Lipinski definition) is 1. The maximum Gasteiger partial charge on any atom is 0.293 e. The van der Waals surface area contributed by atoms with Gasteiger partial charge in [-0.15, -0.1) is 0 Å². The van der Waals surface area contributed by atoms with E-state index in [2.05, 4.69) is 12.0 Å². The van der Waals surface area contributed by atoms with Crippen molar-refractivity contribution in [3.05, 3.63) is 29.7 Å². The fourth-order valence-electron chi connectivity index (χ4n) is 1.71. The first-order valence-corrected chi connectivity index (χ1v) is 6.26. The van der Waals surface area contributed by atoms with Crippen LogP contribution in [0.1, 0.15) is 62.9 Å². The Balaban J connectivity index is 2.60. The predicted octanol–water partition coefficient (Wildman–Crippen LogP) is 4.69. The van der Waals surface area contributed by atoms with E-state index >= 15 is 0 Å². The number of aromatic hydroxyl groups is 1. The largest absolute Gasteiger partial charge is 0.508 e. The average Bonchev–Trinajstić information content (AvgIpc) is 2.48. The highest BCUT2D eigenvalue weighted by Crippen LogP contribution is 2.13. The van der Waals surface area contributed by atoms with Gasteiger partial charge in [0.25, 0.3) is 1.43 Å². The lowest BCUT2D eigenvalue weighted by Gasteiger charge is -2.02. The Morgan fingerprint density at radius 2 is 1.62 bits per heavy atom.